The van der Waals surface area contributed by atoms with Crippen LogP contribution in [-0.2, 0) is 6.54 Å². The molecule has 1 aliphatic heterocycles. The first-order valence-corrected chi connectivity index (χ1v) is 11.0. The van der Waals surface area contributed by atoms with Gasteiger partial charge in [-0.05, 0) is 44.5 Å². The van der Waals surface area contributed by atoms with E-state index >= 15 is 0 Å². The van der Waals surface area contributed by atoms with Crippen LogP contribution in [0.25, 0.3) is 21.9 Å². The summed E-state index contributed by atoms with van der Waals surface area (Å²) in [6, 6.07) is 7.32. The van der Waals surface area contributed by atoms with Crippen LogP contribution in [-0.4, -0.2) is 47.2 Å². The van der Waals surface area contributed by atoms with E-state index in [9.17, 15) is 4.79 Å². The number of ether oxygens (including phenoxy) is 1. The van der Waals surface area contributed by atoms with E-state index in [0.717, 1.165) is 61.8 Å². The Hall–Kier alpha value is -3.23. The number of hydrogen-bond acceptors (Lipinski definition) is 8. The standard InChI is InChI=1S/C24H26N4O4/c29-23-3-2-19-22(32-23)12-21-20(6-11-30-21)24(19)31-10-1-7-28-8-4-18(5-9-28)27-15-17-13-25-16-26-14-17/h2-3,6,11-14,16,18,27H,1,4-5,7-10,15H2. The lowest BCUT2D eigenvalue weighted by Gasteiger charge is -2.32. The summed E-state index contributed by atoms with van der Waals surface area (Å²) in [4.78, 5) is 22.2. The molecule has 0 aliphatic carbocycles. The molecule has 0 unspecified atom stereocenters. The molecule has 32 heavy (non-hydrogen) atoms. The lowest BCUT2D eigenvalue weighted by Crippen LogP contribution is -2.42. The number of hydrogen-bond donors (Lipinski definition) is 1. The van der Waals surface area contributed by atoms with Crippen molar-refractivity contribution >= 4 is 21.9 Å². The third kappa shape index (κ3) is 4.66. The van der Waals surface area contributed by atoms with Gasteiger partial charge in [0, 0.05) is 49.2 Å². The second kappa shape index (κ2) is 9.50. The van der Waals surface area contributed by atoms with Gasteiger partial charge in [0.1, 0.15) is 23.2 Å². The molecule has 8 heteroatoms. The highest BCUT2D eigenvalue weighted by molar-refractivity contribution is 6.01. The maximum Gasteiger partial charge on any atom is 0.336 e. The van der Waals surface area contributed by atoms with Crippen LogP contribution in [0.3, 0.4) is 0 Å². The first-order valence-electron chi connectivity index (χ1n) is 11.0. The molecule has 1 saturated heterocycles. The molecule has 4 aromatic rings. The van der Waals surface area contributed by atoms with Gasteiger partial charge in [-0.2, -0.15) is 0 Å². The summed E-state index contributed by atoms with van der Waals surface area (Å²) in [6.07, 6.45) is 10.1. The van der Waals surface area contributed by atoms with Gasteiger partial charge in [0.25, 0.3) is 0 Å². The van der Waals surface area contributed by atoms with E-state index in [2.05, 4.69) is 20.2 Å². The molecule has 1 aromatic carbocycles. The van der Waals surface area contributed by atoms with Crippen LogP contribution in [0.5, 0.6) is 5.75 Å². The van der Waals surface area contributed by atoms with Crippen LogP contribution in [0.2, 0.25) is 0 Å². The minimum Gasteiger partial charge on any atom is -0.492 e. The van der Waals surface area contributed by atoms with Gasteiger partial charge in [0.2, 0.25) is 0 Å². The molecule has 8 nitrogen and oxygen atoms in total. The third-order valence-corrected chi connectivity index (χ3v) is 5.97. The van der Waals surface area contributed by atoms with Crippen molar-refractivity contribution in [1.82, 2.24) is 20.2 Å². The van der Waals surface area contributed by atoms with Gasteiger partial charge in [0.15, 0.2) is 0 Å². The lowest BCUT2D eigenvalue weighted by atomic mass is 10.0. The minimum absolute atomic E-state index is 0.385. The van der Waals surface area contributed by atoms with Gasteiger partial charge in [-0.15, -0.1) is 0 Å². The summed E-state index contributed by atoms with van der Waals surface area (Å²) in [6.45, 7) is 4.55. The van der Waals surface area contributed by atoms with Gasteiger partial charge < -0.3 is 23.8 Å². The average molecular weight is 434 g/mol. The Balaban J connectivity index is 1.11. The monoisotopic (exact) mass is 434 g/mol. The Morgan fingerprint density at radius 1 is 1.09 bits per heavy atom. The number of furan rings is 1. The molecule has 0 amide bonds. The van der Waals surface area contributed by atoms with Crippen molar-refractivity contribution in [3.8, 4) is 5.75 Å². The largest absolute Gasteiger partial charge is 0.492 e. The molecule has 0 saturated carbocycles. The number of likely N-dealkylation sites (tertiary alicyclic amines) is 1. The molecule has 0 spiro atoms. The number of aromatic nitrogens is 2. The Kier molecular flexibility index (Phi) is 6.13. The van der Waals surface area contributed by atoms with Crippen LogP contribution in [0, 0.1) is 0 Å². The highest BCUT2D eigenvalue weighted by Crippen LogP contribution is 2.35. The zero-order valence-electron chi connectivity index (χ0n) is 17.8. The first-order chi connectivity index (χ1) is 15.8. The van der Waals surface area contributed by atoms with E-state index in [0.29, 0.717) is 29.6 Å². The Morgan fingerprint density at radius 3 is 2.75 bits per heavy atom. The average Bonchev–Trinajstić information content (AvgIpc) is 3.29. The number of nitrogens with zero attached hydrogens (tertiary/aromatic N) is 3. The van der Waals surface area contributed by atoms with Crippen LogP contribution < -0.4 is 15.7 Å². The SMILES string of the molecule is O=c1ccc2c(OCCCN3CCC(NCc4cncnc4)CC3)c3ccoc3cc2o1. The second-order valence-electron chi connectivity index (χ2n) is 8.15. The zero-order valence-corrected chi connectivity index (χ0v) is 17.8. The number of rotatable bonds is 8. The topological polar surface area (TPSA) is 93.6 Å². The van der Waals surface area contributed by atoms with E-state index in [1.165, 1.54) is 6.07 Å². The molecule has 0 radical (unpaired) electrons. The molecule has 0 bridgehead atoms. The quantitative estimate of drug-likeness (QED) is 0.333. The van der Waals surface area contributed by atoms with Gasteiger partial charge >= 0.3 is 5.63 Å². The molecule has 1 N–H and O–H groups in total. The van der Waals surface area contributed by atoms with E-state index in [1.807, 2.05) is 18.5 Å². The van der Waals surface area contributed by atoms with Crippen LogP contribution in [0.1, 0.15) is 24.8 Å². The van der Waals surface area contributed by atoms with Crippen molar-refractivity contribution < 1.29 is 13.6 Å². The van der Waals surface area contributed by atoms with Crippen molar-refractivity contribution in [2.24, 2.45) is 0 Å². The summed E-state index contributed by atoms with van der Waals surface area (Å²) in [5.74, 6) is 0.711. The van der Waals surface area contributed by atoms with Crippen LogP contribution in [0.4, 0.5) is 0 Å². The highest BCUT2D eigenvalue weighted by atomic mass is 16.5. The normalized spacial score (nSPS) is 15.5. The minimum atomic E-state index is -0.385. The smallest absolute Gasteiger partial charge is 0.336 e. The van der Waals surface area contributed by atoms with E-state index in [1.54, 1.807) is 24.7 Å². The highest BCUT2D eigenvalue weighted by Gasteiger charge is 2.19. The molecule has 3 aromatic heterocycles. The van der Waals surface area contributed by atoms with Crippen molar-refractivity contribution in [3.05, 3.63) is 65.2 Å². The van der Waals surface area contributed by atoms with E-state index < -0.39 is 0 Å². The van der Waals surface area contributed by atoms with Crippen molar-refractivity contribution in [1.29, 1.82) is 0 Å². The molecule has 4 heterocycles. The van der Waals surface area contributed by atoms with Gasteiger partial charge in [-0.3, -0.25) is 0 Å². The van der Waals surface area contributed by atoms with Gasteiger partial charge in [-0.25, -0.2) is 14.8 Å². The first kappa shape index (κ1) is 20.7. The predicted octanol–water partition coefficient (Wildman–Crippen LogP) is 3.35. The lowest BCUT2D eigenvalue weighted by molar-refractivity contribution is 0.182. The van der Waals surface area contributed by atoms with Crippen LogP contribution in [0.15, 0.2) is 62.9 Å². The second-order valence-corrected chi connectivity index (χ2v) is 8.15. The Morgan fingerprint density at radius 2 is 1.91 bits per heavy atom. The zero-order chi connectivity index (χ0) is 21.8. The fraction of sp³-hybridized carbons (Fsp3) is 0.375. The molecule has 166 valence electrons. The molecule has 5 rings (SSSR count). The fourth-order valence-electron chi connectivity index (χ4n) is 4.27. The molecule has 1 aliphatic rings. The molecule has 0 atom stereocenters. The third-order valence-electron chi connectivity index (χ3n) is 5.97. The fourth-order valence-corrected chi connectivity index (χ4v) is 4.27. The summed E-state index contributed by atoms with van der Waals surface area (Å²) >= 11 is 0. The molecular formula is C24H26N4O4. The predicted molar refractivity (Wildman–Crippen MR) is 121 cm³/mol. The summed E-state index contributed by atoms with van der Waals surface area (Å²) in [5, 5.41) is 5.29. The Labute approximate surface area is 185 Å². The van der Waals surface area contributed by atoms with Gasteiger partial charge in [0.05, 0.1) is 23.6 Å². The maximum atomic E-state index is 11.6. The summed E-state index contributed by atoms with van der Waals surface area (Å²) in [7, 11) is 0. The molecular weight excluding hydrogens is 408 g/mol. The van der Waals surface area contributed by atoms with Crippen molar-refractivity contribution in [3.63, 3.8) is 0 Å². The van der Waals surface area contributed by atoms with Crippen molar-refractivity contribution in [2.45, 2.75) is 31.8 Å². The maximum absolute atomic E-state index is 11.6. The van der Waals surface area contributed by atoms with E-state index in [4.69, 9.17) is 13.6 Å². The number of nitrogens with one attached hydrogen (secondary N) is 1. The number of piperidine rings is 1. The van der Waals surface area contributed by atoms with Crippen molar-refractivity contribution in [2.75, 3.05) is 26.2 Å². The van der Waals surface area contributed by atoms with Crippen LogP contribution >= 0.6 is 0 Å². The number of fused-ring (bicyclic) bond motifs is 2. The molecule has 1 fully saturated rings. The summed E-state index contributed by atoms with van der Waals surface area (Å²) < 4.78 is 17.0. The van der Waals surface area contributed by atoms with E-state index in [-0.39, 0.29) is 5.63 Å². The summed E-state index contributed by atoms with van der Waals surface area (Å²) in [5.41, 5.74) is 1.86. The number of benzene rings is 1. The van der Waals surface area contributed by atoms with Gasteiger partial charge in [-0.1, -0.05) is 0 Å². The Bertz CT molecular complexity index is 1230.